The molecule has 3 rings (SSSR count). The number of imidazole rings is 1. The lowest BCUT2D eigenvalue weighted by molar-refractivity contribution is -0.113. The topological polar surface area (TPSA) is 70.7 Å². The molecule has 118 valence electrons. The number of pyridine rings is 1. The molecule has 0 saturated heterocycles. The van der Waals surface area contributed by atoms with Gasteiger partial charge in [-0.2, -0.15) is 0 Å². The van der Waals surface area contributed by atoms with Gasteiger partial charge in [-0.3, -0.25) is 4.79 Å². The Kier molecular flexibility index (Phi) is 4.68. The number of nitrogens with zero attached hydrogens (tertiary/aromatic N) is 2. The summed E-state index contributed by atoms with van der Waals surface area (Å²) in [5, 5.41) is 3.55. The van der Waals surface area contributed by atoms with Gasteiger partial charge in [0.15, 0.2) is 10.8 Å². The van der Waals surface area contributed by atoms with E-state index in [1.807, 2.05) is 44.2 Å². The summed E-state index contributed by atoms with van der Waals surface area (Å²) in [6, 6.07) is 9.66. The lowest BCUT2D eigenvalue weighted by Crippen LogP contribution is -2.14. The summed E-state index contributed by atoms with van der Waals surface area (Å²) in [5.74, 6) is 0.220. The predicted molar refractivity (Wildman–Crippen MR) is 96.9 cm³/mol. The van der Waals surface area contributed by atoms with Crippen molar-refractivity contribution in [2.45, 2.75) is 19.0 Å². The second-order valence-corrected chi connectivity index (χ2v) is 6.99. The van der Waals surface area contributed by atoms with Gasteiger partial charge in [0.2, 0.25) is 5.91 Å². The zero-order valence-electron chi connectivity index (χ0n) is 12.7. The highest BCUT2D eigenvalue weighted by Crippen LogP contribution is 2.23. The van der Waals surface area contributed by atoms with Gasteiger partial charge in [-0.15, -0.1) is 0 Å². The third-order valence-electron chi connectivity index (χ3n) is 3.26. The number of thioether (sulfide) groups is 1. The van der Waals surface area contributed by atoms with Crippen molar-refractivity contribution in [2.75, 3.05) is 11.1 Å². The number of benzene rings is 1. The number of aryl methyl sites for hydroxylation is 2. The summed E-state index contributed by atoms with van der Waals surface area (Å²) in [7, 11) is 0. The van der Waals surface area contributed by atoms with Gasteiger partial charge in [-0.25, -0.2) is 9.97 Å². The maximum atomic E-state index is 12.0. The van der Waals surface area contributed by atoms with Crippen LogP contribution in [0.4, 0.5) is 5.69 Å². The average molecular weight is 391 g/mol. The highest BCUT2D eigenvalue weighted by Gasteiger charge is 2.09. The molecule has 2 N–H and O–H groups in total. The fraction of sp³-hybridized carbons (Fsp3) is 0.188. The molecule has 1 amide bonds. The van der Waals surface area contributed by atoms with E-state index in [1.165, 1.54) is 11.8 Å². The van der Waals surface area contributed by atoms with E-state index in [9.17, 15) is 4.79 Å². The fourth-order valence-corrected chi connectivity index (χ4v) is 3.01. The van der Waals surface area contributed by atoms with Crippen LogP contribution in [0, 0.1) is 13.8 Å². The van der Waals surface area contributed by atoms with Crippen LogP contribution in [0.25, 0.3) is 11.2 Å². The Morgan fingerprint density at radius 3 is 2.74 bits per heavy atom. The van der Waals surface area contributed by atoms with Gasteiger partial charge in [-0.05, 0) is 48.0 Å². The number of hydrogen-bond donors (Lipinski definition) is 2. The van der Waals surface area contributed by atoms with Gasteiger partial charge < -0.3 is 10.3 Å². The Bertz CT molecular complexity index is 821. The molecule has 0 aliphatic heterocycles. The number of halogens is 1. The zero-order chi connectivity index (χ0) is 16.4. The molecular formula is C16H15BrN4OS. The Morgan fingerprint density at radius 2 is 2.00 bits per heavy atom. The fourth-order valence-electron chi connectivity index (χ4n) is 2.02. The summed E-state index contributed by atoms with van der Waals surface area (Å²) in [4.78, 5) is 24.0. The quantitative estimate of drug-likeness (QED) is 0.658. The van der Waals surface area contributed by atoms with Crippen LogP contribution in [-0.4, -0.2) is 26.6 Å². The Balaban J connectivity index is 1.63. The minimum Gasteiger partial charge on any atom is -0.331 e. The summed E-state index contributed by atoms with van der Waals surface area (Å²) >= 11 is 4.80. The number of aromatic amines is 1. The monoisotopic (exact) mass is 390 g/mol. The van der Waals surface area contributed by atoms with E-state index in [0.717, 1.165) is 26.9 Å². The summed E-state index contributed by atoms with van der Waals surface area (Å²) in [5.41, 5.74) is 4.36. The van der Waals surface area contributed by atoms with Crippen molar-refractivity contribution >= 4 is 50.5 Å². The molecule has 2 heterocycles. The van der Waals surface area contributed by atoms with Gasteiger partial charge >= 0.3 is 0 Å². The molecule has 0 spiro atoms. The van der Waals surface area contributed by atoms with Gasteiger partial charge in [0.25, 0.3) is 0 Å². The van der Waals surface area contributed by atoms with Crippen LogP contribution in [-0.2, 0) is 4.79 Å². The normalized spacial score (nSPS) is 10.9. The van der Waals surface area contributed by atoms with E-state index in [-0.39, 0.29) is 11.7 Å². The highest BCUT2D eigenvalue weighted by molar-refractivity contribution is 9.10. The molecule has 23 heavy (non-hydrogen) atoms. The van der Waals surface area contributed by atoms with Gasteiger partial charge in [0.05, 0.1) is 17.0 Å². The van der Waals surface area contributed by atoms with Crippen LogP contribution in [0.5, 0.6) is 0 Å². The third kappa shape index (κ3) is 3.92. The highest BCUT2D eigenvalue weighted by atomic mass is 79.9. The first-order valence-corrected chi connectivity index (χ1v) is 8.81. The molecule has 0 radical (unpaired) electrons. The van der Waals surface area contributed by atoms with Gasteiger partial charge in [0.1, 0.15) is 0 Å². The van der Waals surface area contributed by atoms with E-state index < -0.39 is 0 Å². The van der Waals surface area contributed by atoms with Crippen molar-refractivity contribution < 1.29 is 4.79 Å². The molecule has 0 fully saturated rings. The molecule has 7 heteroatoms. The Hall–Kier alpha value is -1.86. The molecular weight excluding hydrogens is 376 g/mol. The molecule has 0 unspecified atom stereocenters. The molecule has 3 aromatic rings. The van der Waals surface area contributed by atoms with Gasteiger partial charge in [-0.1, -0.05) is 29.5 Å². The number of amides is 1. The van der Waals surface area contributed by atoms with Crippen molar-refractivity contribution in [3.63, 3.8) is 0 Å². The Morgan fingerprint density at radius 1 is 1.26 bits per heavy atom. The smallest absolute Gasteiger partial charge is 0.234 e. The van der Waals surface area contributed by atoms with Crippen LogP contribution in [0.15, 0.2) is 40.0 Å². The largest absolute Gasteiger partial charge is 0.331 e. The van der Waals surface area contributed by atoms with Crippen molar-refractivity contribution in [3.8, 4) is 0 Å². The third-order valence-corrected chi connectivity index (χ3v) is 4.93. The van der Waals surface area contributed by atoms with Crippen LogP contribution in [0.1, 0.15) is 11.3 Å². The van der Waals surface area contributed by atoms with Crippen LogP contribution in [0.2, 0.25) is 0 Å². The standard InChI is InChI=1S/C16H15BrN4OS/c1-9-3-5-11(6-4-9)19-14(22)8-23-16-20-13-7-12(17)10(2)18-15(13)21-16/h3-7H,8H2,1-2H3,(H,19,22)(H,18,20,21). The van der Waals surface area contributed by atoms with E-state index >= 15 is 0 Å². The van der Waals surface area contributed by atoms with Crippen LogP contribution in [0.3, 0.4) is 0 Å². The lowest BCUT2D eigenvalue weighted by Gasteiger charge is -2.04. The number of H-pyrrole nitrogens is 1. The molecule has 5 nitrogen and oxygen atoms in total. The number of hydrogen-bond acceptors (Lipinski definition) is 4. The second kappa shape index (κ2) is 6.72. The SMILES string of the molecule is Cc1ccc(NC(=O)CSc2nc3nc(C)c(Br)cc3[nH]2)cc1. The van der Waals surface area contributed by atoms with Crippen molar-refractivity contribution in [1.29, 1.82) is 0 Å². The van der Waals surface area contributed by atoms with Gasteiger partial charge in [0, 0.05) is 10.2 Å². The number of aromatic nitrogens is 3. The van der Waals surface area contributed by atoms with Crippen molar-refractivity contribution in [1.82, 2.24) is 15.0 Å². The number of fused-ring (bicyclic) bond motifs is 1. The Labute approximate surface area is 146 Å². The summed E-state index contributed by atoms with van der Waals surface area (Å²) in [6.45, 7) is 3.93. The second-order valence-electron chi connectivity index (χ2n) is 5.17. The molecule has 0 saturated carbocycles. The zero-order valence-corrected chi connectivity index (χ0v) is 15.1. The molecule has 1 aromatic carbocycles. The molecule has 0 aliphatic carbocycles. The molecule has 2 aromatic heterocycles. The summed E-state index contributed by atoms with van der Waals surface area (Å²) < 4.78 is 0.933. The van der Waals surface area contributed by atoms with Crippen LogP contribution >= 0.6 is 27.7 Å². The first kappa shape index (κ1) is 16.0. The minimum atomic E-state index is -0.0652. The summed E-state index contributed by atoms with van der Waals surface area (Å²) in [6.07, 6.45) is 0. The number of rotatable bonds is 4. The molecule has 0 aliphatic rings. The predicted octanol–water partition coefficient (Wildman–Crippen LogP) is 4.07. The van der Waals surface area contributed by atoms with E-state index in [2.05, 4.69) is 36.2 Å². The van der Waals surface area contributed by atoms with Crippen molar-refractivity contribution in [3.05, 3.63) is 46.1 Å². The van der Waals surface area contributed by atoms with Crippen molar-refractivity contribution in [2.24, 2.45) is 0 Å². The van der Waals surface area contributed by atoms with E-state index in [4.69, 9.17) is 0 Å². The number of nitrogens with one attached hydrogen (secondary N) is 2. The van der Waals surface area contributed by atoms with E-state index in [1.54, 1.807) is 0 Å². The first-order chi connectivity index (χ1) is 11.0. The van der Waals surface area contributed by atoms with Crippen LogP contribution < -0.4 is 5.32 Å². The first-order valence-electron chi connectivity index (χ1n) is 7.03. The van der Waals surface area contributed by atoms with E-state index in [0.29, 0.717) is 10.8 Å². The molecule has 0 atom stereocenters. The average Bonchev–Trinajstić information content (AvgIpc) is 2.90. The lowest BCUT2D eigenvalue weighted by atomic mass is 10.2. The number of anilines is 1. The number of carbonyl (C=O) groups excluding carboxylic acids is 1. The number of carbonyl (C=O) groups is 1. The molecule has 0 bridgehead atoms. The maximum absolute atomic E-state index is 12.0. The minimum absolute atomic E-state index is 0.0652. The maximum Gasteiger partial charge on any atom is 0.234 e.